The van der Waals surface area contributed by atoms with Gasteiger partial charge >= 0.3 is 5.97 Å². The van der Waals surface area contributed by atoms with E-state index in [1.807, 2.05) is 24.3 Å². The number of hydrogen-bond acceptors (Lipinski definition) is 2. The second-order valence-electron chi connectivity index (χ2n) is 11.7. The minimum Gasteiger partial charge on any atom is -0.478 e. The van der Waals surface area contributed by atoms with E-state index in [1.165, 1.54) is 27.8 Å². The van der Waals surface area contributed by atoms with Gasteiger partial charge in [0.1, 0.15) is 6.10 Å². The highest BCUT2D eigenvalue weighted by atomic mass is 16.4. The van der Waals surface area contributed by atoms with Crippen LogP contribution < -0.4 is 0 Å². The monoisotopic (exact) mass is 478 g/mol. The lowest BCUT2D eigenvalue weighted by Gasteiger charge is -2.43. The molecule has 0 spiro atoms. The molecule has 184 valence electrons. The Hall–Kier alpha value is -3.43. The van der Waals surface area contributed by atoms with E-state index in [0.717, 1.165) is 34.7 Å². The van der Waals surface area contributed by atoms with Gasteiger partial charge in [0, 0.05) is 0 Å². The van der Waals surface area contributed by atoms with E-state index in [0.29, 0.717) is 0 Å². The van der Waals surface area contributed by atoms with Gasteiger partial charge in [-0.05, 0) is 99.0 Å². The lowest BCUT2D eigenvalue weighted by atomic mass is 9.61. The molecule has 0 fully saturated rings. The standard InChI is InChI=1S/C33H34O3/c1-20-6-8-21(9-7-20)27-18-26(19-28-29(27)33(4,5)15-14-32(28,2)3)30(34)24-12-10-23-17-25(31(35)36)13-11-22(23)16-24/h6-13,16-19,30,34H,14-15H2,1-5H3,(H,35,36). The molecule has 1 aliphatic carbocycles. The summed E-state index contributed by atoms with van der Waals surface area (Å²) in [5.74, 6) is -0.941. The highest BCUT2D eigenvalue weighted by molar-refractivity contribution is 5.94. The Morgan fingerprint density at radius 2 is 1.42 bits per heavy atom. The second kappa shape index (κ2) is 8.60. The van der Waals surface area contributed by atoms with Crippen LogP contribution in [0.25, 0.3) is 21.9 Å². The van der Waals surface area contributed by atoms with Crippen molar-refractivity contribution in [3.8, 4) is 11.1 Å². The zero-order valence-electron chi connectivity index (χ0n) is 21.7. The second-order valence-corrected chi connectivity index (χ2v) is 11.7. The number of fused-ring (bicyclic) bond motifs is 2. The maximum absolute atomic E-state index is 11.6. The van der Waals surface area contributed by atoms with Gasteiger partial charge in [0.2, 0.25) is 0 Å². The van der Waals surface area contributed by atoms with Crippen LogP contribution in [0.3, 0.4) is 0 Å². The number of aliphatic hydroxyl groups is 1. The largest absolute Gasteiger partial charge is 0.478 e. The van der Waals surface area contributed by atoms with Crippen LogP contribution in [0.15, 0.2) is 72.8 Å². The Kier molecular flexibility index (Phi) is 5.80. The molecular weight excluding hydrogens is 444 g/mol. The van der Waals surface area contributed by atoms with Crippen LogP contribution in [-0.2, 0) is 10.8 Å². The molecule has 4 aromatic carbocycles. The molecule has 1 atom stereocenters. The van der Waals surface area contributed by atoms with Gasteiger partial charge in [-0.3, -0.25) is 0 Å². The maximum Gasteiger partial charge on any atom is 0.335 e. The molecule has 5 rings (SSSR count). The van der Waals surface area contributed by atoms with Crippen LogP contribution in [0.5, 0.6) is 0 Å². The van der Waals surface area contributed by atoms with Crippen molar-refractivity contribution < 1.29 is 15.0 Å². The van der Waals surface area contributed by atoms with Gasteiger partial charge in [-0.2, -0.15) is 0 Å². The summed E-state index contributed by atoms with van der Waals surface area (Å²) in [6.45, 7) is 11.4. The van der Waals surface area contributed by atoms with Gasteiger partial charge in [-0.25, -0.2) is 4.79 Å². The summed E-state index contributed by atoms with van der Waals surface area (Å²) in [7, 11) is 0. The number of carboxylic acid groups (broad SMARTS) is 1. The Bertz CT molecular complexity index is 1480. The smallest absolute Gasteiger partial charge is 0.335 e. The molecule has 36 heavy (non-hydrogen) atoms. The van der Waals surface area contributed by atoms with Crippen LogP contribution in [-0.4, -0.2) is 16.2 Å². The number of hydrogen-bond donors (Lipinski definition) is 2. The van der Waals surface area contributed by atoms with Crippen molar-refractivity contribution in [2.75, 3.05) is 0 Å². The summed E-state index contributed by atoms with van der Waals surface area (Å²) in [5, 5.41) is 22.7. The summed E-state index contributed by atoms with van der Waals surface area (Å²) >= 11 is 0. The molecule has 0 bridgehead atoms. The molecule has 0 amide bonds. The number of benzene rings is 4. The van der Waals surface area contributed by atoms with Crippen molar-refractivity contribution >= 4 is 16.7 Å². The van der Waals surface area contributed by atoms with Gasteiger partial charge in [0.25, 0.3) is 0 Å². The zero-order valence-corrected chi connectivity index (χ0v) is 21.7. The lowest BCUT2D eigenvalue weighted by molar-refractivity contribution is 0.0697. The Morgan fingerprint density at radius 3 is 2.11 bits per heavy atom. The topological polar surface area (TPSA) is 57.5 Å². The lowest BCUT2D eigenvalue weighted by Crippen LogP contribution is -2.34. The molecular formula is C33H34O3. The van der Waals surface area contributed by atoms with Crippen molar-refractivity contribution in [1.29, 1.82) is 0 Å². The van der Waals surface area contributed by atoms with Crippen molar-refractivity contribution in [2.24, 2.45) is 0 Å². The molecule has 0 aromatic heterocycles. The Labute approximate surface area is 213 Å². The first kappa shape index (κ1) is 24.3. The Balaban J connectivity index is 1.68. The van der Waals surface area contributed by atoms with Crippen molar-refractivity contribution in [3.63, 3.8) is 0 Å². The normalized spacial score (nSPS) is 16.9. The first-order chi connectivity index (χ1) is 17.0. The third-order valence-electron chi connectivity index (χ3n) is 8.05. The van der Waals surface area contributed by atoms with Crippen LogP contribution in [0.1, 0.15) is 84.8 Å². The molecule has 3 nitrogen and oxygen atoms in total. The predicted molar refractivity (Wildman–Crippen MR) is 147 cm³/mol. The van der Waals surface area contributed by atoms with Gasteiger partial charge in [-0.1, -0.05) is 81.8 Å². The average molecular weight is 479 g/mol. The predicted octanol–water partition coefficient (Wildman–Crippen LogP) is 7.94. The number of carboxylic acids is 1. The number of carbonyl (C=O) groups is 1. The number of aromatic carboxylic acids is 1. The van der Waals surface area contributed by atoms with Crippen LogP contribution in [0.4, 0.5) is 0 Å². The summed E-state index contributed by atoms with van der Waals surface area (Å²) in [5.41, 5.74) is 8.31. The summed E-state index contributed by atoms with van der Waals surface area (Å²) in [4.78, 5) is 11.3. The fourth-order valence-electron chi connectivity index (χ4n) is 5.69. The van der Waals surface area contributed by atoms with E-state index >= 15 is 0 Å². The molecule has 0 aliphatic heterocycles. The van der Waals surface area contributed by atoms with Crippen molar-refractivity contribution in [2.45, 2.75) is 64.4 Å². The minimum absolute atomic E-state index is 0.0106. The maximum atomic E-state index is 11.6. The highest BCUT2D eigenvalue weighted by Gasteiger charge is 2.39. The number of aliphatic hydroxyl groups excluding tert-OH is 1. The molecule has 1 unspecified atom stereocenters. The molecule has 0 heterocycles. The quantitative estimate of drug-likeness (QED) is 0.313. The van der Waals surface area contributed by atoms with E-state index in [-0.39, 0.29) is 16.4 Å². The molecule has 0 saturated carbocycles. The first-order valence-electron chi connectivity index (χ1n) is 12.7. The molecule has 3 heteroatoms. The Morgan fingerprint density at radius 1 is 0.778 bits per heavy atom. The molecule has 1 aliphatic rings. The zero-order chi connectivity index (χ0) is 25.8. The summed E-state index contributed by atoms with van der Waals surface area (Å²) in [6, 6.07) is 23.9. The van der Waals surface area contributed by atoms with Crippen LogP contribution in [0.2, 0.25) is 0 Å². The summed E-state index contributed by atoms with van der Waals surface area (Å²) < 4.78 is 0. The molecule has 4 aromatic rings. The molecule has 0 radical (unpaired) electrons. The SMILES string of the molecule is Cc1ccc(-c2cc(C(O)c3ccc4cc(C(=O)O)ccc4c3)cc3c2C(C)(C)CCC3(C)C)cc1. The van der Waals surface area contributed by atoms with Gasteiger partial charge in [0.15, 0.2) is 0 Å². The van der Waals surface area contributed by atoms with Gasteiger partial charge in [-0.15, -0.1) is 0 Å². The van der Waals surface area contributed by atoms with E-state index in [4.69, 9.17) is 0 Å². The third-order valence-corrected chi connectivity index (χ3v) is 8.05. The first-order valence-corrected chi connectivity index (χ1v) is 12.7. The average Bonchev–Trinajstić information content (AvgIpc) is 2.85. The van der Waals surface area contributed by atoms with Crippen LogP contribution >= 0.6 is 0 Å². The van der Waals surface area contributed by atoms with E-state index < -0.39 is 12.1 Å². The molecule has 2 N–H and O–H groups in total. The summed E-state index contributed by atoms with van der Waals surface area (Å²) in [6.07, 6.45) is 1.43. The van der Waals surface area contributed by atoms with E-state index in [1.54, 1.807) is 12.1 Å². The highest BCUT2D eigenvalue weighted by Crippen LogP contribution is 2.50. The fourth-order valence-corrected chi connectivity index (χ4v) is 5.69. The fraction of sp³-hybridized carbons (Fsp3) is 0.303. The third kappa shape index (κ3) is 4.22. The van der Waals surface area contributed by atoms with Gasteiger partial charge in [0.05, 0.1) is 5.56 Å². The van der Waals surface area contributed by atoms with Crippen LogP contribution in [0, 0.1) is 6.92 Å². The number of aryl methyl sites for hydroxylation is 1. The van der Waals surface area contributed by atoms with E-state index in [2.05, 4.69) is 71.0 Å². The molecule has 0 saturated heterocycles. The van der Waals surface area contributed by atoms with E-state index in [9.17, 15) is 15.0 Å². The van der Waals surface area contributed by atoms with Crippen molar-refractivity contribution in [3.05, 3.63) is 106 Å². The van der Waals surface area contributed by atoms with Crippen molar-refractivity contribution in [1.82, 2.24) is 0 Å². The number of rotatable bonds is 4. The van der Waals surface area contributed by atoms with Gasteiger partial charge < -0.3 is 10.2 Å². The minimum atomic E-state index is -0.941.